The smallest absolute Gasteiger partial charge is 0.400 e. The van der Waals surface area contributed by atoms with Crippen molar-refractivity contribution in [3.05, 3.63) is 0 Å². The van der Waals surface area contributed by atoms with Gasteiger partial charge in [0, 0.05) is 134 Å². The van der Waals surface area contributed by atoms with E-state index in [4.69, 9.17) is 49.8 Å². The summed E-state index contributed by atoms with van der Waals surface area (Å²) < 4.78 is 16.8. The Labute approximate surface area is 332 Å². The Balaban J connectivity index is -0.000000275. The zero-order chi connectivity index (χ0) is 44.0. The minimum Gasteiger partial charge on any atom is -0.400 e. The summed E-state index contributed by atoms with van der Waals surface area (Å²) in [5.41, 5.74) is 0. The second kappa shape index (κ2) is 51.4. The number of rotatable bonds is 15. The van der Waals surface area contributed by atoms with Crippen molar-refractivity contribution in [1.29, 1.82) is 0 Å². The Morgan fingerprint density at radius 3 is 0.891 bits per heavy atom. The van der Waals surface area contributed by atoms with Gasteiger partial charge in [0.25, 0.3) is 0 Å². The zero-order valence-corrected chi connectivity index (χ0v) is 36.0. The van der Waals surface area contributed by atoms with Crippen molar-refractivity contribution >= 4 is 32.9 Å². The Morgan fingerprint density at radius 1 is 0.418 bits per heavy atom. The van der Waals surface area contributed by atoms with E-state index in [0.29, 0.717) is 25.7 Å². The van der Waals surface area contributed by atoms with Crippen molar-refractivity contribution in [3.8, 4) is 0 Å². The van der Waals surface area contributed by atoms with E-state index in [1.54, 1.807) is 0 Å². The molecule has 4 saturated heterocycles. The number of amides is 4. The fourth-order valence-corrected chi connectivity index (χ4v) is 6.65. The predicted octanol–water partition coefficient (Wildman–Crippen LogP) is -0.416. The predicted molar refractivity (Wildman–Crippen MR) is 210 cm³/mol. The van der Waals surface area contributed by atoms with Gasteiger partial charge >= 0.3 is 9.29 Å². The van der Waals surface area contributed by atoms with Crippen LogP contribution < -0.4 is 0 Å². The van der Waals surface area contributed by atoms with Crippen LogP contribution in [0, 0.1) is 0 Å². The third-order valence-electron chi connectivity index (χ3n) is 8.71. The first-order chi connectivity index (χ1) is 26.9. The van der Waals surface area contributed by atoms with Crippen molar-refractivity contribution in [2.45, 2.75) is 115 Å². The first-order valence-electron chi connectivity index (χ1n) is 18.7. The minimum atomic E-state index is -1.42. The van der Waals surface area contributed by atoms with Crippen LogP contribution in [0.5, 0.6) is 0 Å². The molecule has 55 heavy (non-hydrogen) atoms. The van der Waals surface area contributed by atoms with E-state index in [9.17, 15) is 19.2 Å². The maximum atomic E-state index is 12.6. The largest absolute Gasteiger partial charge is 0.549 e. The van der Waals surface area contributed by atoms with Gasteiger partial charge in [0.15, 0.2) is 0 Å². The standard InChI is InChI=1S/C28H46N4O4.8CH4O.O2Si/c33-25-11-5-19-29(25)17-3-1-9-23(31-21-7-13-27(31)35)15-16-24(32-22-8-14-28(32)36)10-2-4-18-30-20-6-12-26(30)34;8*1-2;1-3-2/h23-24H,1-22H2;8*2H,1H3;. The first kappa shape index (κ1) is 64.3. The molecular weight excluding hydrogens is 740 g/mol. The maximum absolute atomic E-state index is 12.6. The molecule has 0 aliphatic carbocycles. The third-order valence-corrected chi connectivity index (χ3v) is 8.71. The Morgan fingerprint density at radius 2 is 0.673 bits per heavy atom. The van der Waals surface area contributed by atoms with Crippen LogP contribution in [0.15, 0.2) is 0 Å². The summed E-state index contributed by atoms with van der Waals surface area (Å²) in [5.74, 6) is 1.12. The molecule has 330 valence electrons. The number of carbonyl (C=O) groups is 4. The maximum Gasteiger partial charge on any atom is 0.549 e. The molecular formula is C36H78N4O14Si. The highest BCUT2D eigenvalue weighted by Gasteiger charge is 2.32. The van der Waals surface area contributed by atoms with Crippen LogP contribution in [0.4, 0.5) is 0 Å². The number of unbranched alkanes of at least 4 members (excludes halogenated alkanes) is 2. The van der Waals surface area contributed by atoms with Gasteiger partial charge in [0.05, 0.1) is 0 Å². The van der Waals surface area contributed by atoms with Gasteiger partial charge in [-0.15, -0.1) is 0 Å². The Kier molecular flexibility index (Phi) is 60.0. The van der Waals surface area contributed by atoms with Gasteiger partial charge in [0.2, 0.25) is 23.6 Å². The van der Waals surface area contributed by atoms with Crippen LogP contribution >= 0.6 is 0 Å². The molecule has 2 atom stereocenters. The van der Waals surface area contributed by atoms with Crippen molar-refractivity contribution in [3.63, 3.8) is 0 Å². The summed E-state index contributed by atoms with van der Waals surface area (Å²) in [6.07, 6.45) is 14.4. The summed E-state index contributed by atoms with van der Waals surface area (Å²) in [6.45, 7) is 5.17. The molecule has 19 heteroatoms. The molecule has 4 aliphatic heterocycles. The van der Waals surface area contributed by atoms with Crippen molar-refractivity contribution in [2.75, 3.05) is 96.1 Å². The summed E-state index contributed by atoms with van der Waals surface area (Å²) in [6, 6.07) is 0.466. The van der Waals surface area contributed by atoms with Crippen LogP contribution in [-0.4, -0.2) is 202 Å². The molecule has 4 rings (SSSR count). The highest BCUT2D eigenvalue weighted by molar-refractivity contribution is 5.94. The Bertz CT molecular complexity index is 839. The number of hydrogen-bond donors (Lipinski definition) is 8. The number of likely N-dealkylation sites (tertiary alicyclic amines) is 4. The van der Waals surface area contributed by atoms with Crippen molar-refractivity contribution < 1.29 is 69.0 Å². The van der Waals surface area contributed by atoms with E-state index in [2.05, 4.69) is 9.80 Å². The molecule has 4 fully saturated rings. The summed E-state index contributed by atoms with van der Waals surface area (Å²) >= 11 is 0. The normalized spacial score (nSPS) is 15.8. The van der Waals surface area contributed by atoms with Gasteiger partial charge < -0.3 is 60.5 Å². The quantitative estimate of drug-likeness (QED) is 0.0771. The molecule has 18 nitrogen and oxygen atoms in total. The summed E-state index contributed by atoms with van der Waals surface area (Å²) in [5, 5.41) is 56.0. The first-order valence-corrected chi connectivity index (χ1v) is 19.5. The lowest BCUT2D eigenvalue weighted by Gasteiger charge is -2.33. The molecule has 4 amide bonds. The molecule has 8 N–H and O–H groups in total. The zero-order valence-electron chi connectivity index (χ0n) is 35.0. The fraction of sp³-hybridized carbons (Fsp3) is 0.889. The highest BCUT2D eigenvalue weighted by atomic mass is 28.2. The number of carbonyl (C=O) groups excluding carboxylic acids is 4. The monoisotopic (exact) mass is 819 g/mol. The summed E-state index contributed by atoms with van der Waals surface area (Å²) in [4.78, 5) is 57.2. The number of aliphatic hydroxyl groups excluding tert-OH is 8. The van der Waals surface area contributed by atoms with Crippen LogP contribution in [0.25, 0.3) is 0 Å². The van der Waals surface area contributed by atoms with Crippen LogP contribution in [0.1, 0.15) is 103 Å². The van der Waals surface area contributed by atoms with E-state index in [-0.39, 0.29) is 35.7 Å². The Hall–Kier alpha value is -2.62. The van der Waals surface area contributed by atoms with Gasteiger partial charge in [-0.25, -0.2) is 0 Å². The van der Waals surface area contributed by atoms with Gasteiger partial charge in [-0.2, -0.15) is 0 Å². The van der Waals surface area contributed by atoms with Crippen LogP contribution in [-0.2, 0) is 28.1 Å². The van der Waals surface area contributed by atoms with Crippen molar-refractivity contribution in [2.24, 2.45) is 0 Å². The van der Waals surface area contributed by atoms with Crippen LogP contribution in [0.2, 0.25) is 0 Å². The molecule has 0 spiro atoms. The topological polar surface area (TPSA) is 277 Å². The lowest BCUT2D eigenvalue weighted by molar-refractivity contribution is -0.132. The van der Waals surface area contributed by atoms with Crippen LogP contribution in [0.3, 0.4) is 0 Å². The molecule has 4 aliphatic rings. The average Bonchev–Trinajstić information content (AvgIpc) is 4.08. The van der Waals surface area contributed by atoms with Gasteiger partial charge in [-0.3, -0.25) is 28.1 Å². The van der Waals surface area contributed by atoms with E-state index in [1.165, 1.54) is 0 Å². The van der Waals surface area contributed by atoms with Gasteiger partial charge in [-0.05, 0) is 77.0 Å². The summed E-state index contributed by atoms with van der Waals surface area (Å²) in [7, 11) is 6.58. The molecule has 0 aromatic carbocycles. The fourth-order valence-electron chi connectivity index (χ4n) is 6.65. The molecule has 0 radical (unpaired) electrons. The van der Waals surface area contributed by atoms with Gasteiger partial charge in [-0.1, -0.05) is 0 Å². The average molecular weight is 819 g/mol. The van der Waals surface area contributed by atoms with E-state index in [0.717, 1.165) is 173 Å². The second-order valence-corrected chi connectivity index (χ2v) is 11.5. The lowest BCUT2D eigenvalue weighted by Crippen LogP contribution is -2.40. The lowest BCUT2D eigenvalue weighted by atomic mass is 9.96. The number of hydrogen-bond acceptors (Lipinski definition) is 14. The number of nitrogens with zero attached hydrogens (tertiary/aromatic N) is 4. The van der Waals surface area contributed by atoms with E-state index in [1.807, 2.05) is 9.80 Å². The molecule has 0 aromatic heterocycles. The second-order valence-electron chi connectivity index (χ2n) is 11.3. The number of aliphatic hydroxyl groups is 8. The molecule has 4 heterocycles. The van der Waals surface area contributed by atoms with Crippen molar-refractivity contribution in [1.82, 2.24) is 19.6 Å². The molecule has 0 saturated carbocycles. The molecule has 0 bridgehead atoms. The highest BCUT2D eigenvalue weighted by Crippen LogP contribution is 2.27. The SMILES string of the molecule is CO.CO.CO.CO.CO.CO.CO.CO.O=C1CCCN1CCCCC(CCC(CCCCN1CCCC1=O)N1CCCC1=O)N1CCCC1=O.O=[Si]=O. The minimum absolute atomic E-state index is 0.233. The van der Waals surface area contributed by atoms with E-state index >= 15 is 0 Å². The van der Waals surface area contributed by atoms with Gasteiger partial charge in [0.1, 0.15) is 0 Å². The molecule has 0 aromatic rings. The third kappa shape index (κ3) is 30.2. The molecule has 2 unspecified atom stereocenters. The van der Waals surface area contributed by atoms with E-state index < -0.39 is 9.29 Å².